The molecule has 2 atom stereocenters. The van der Waals surface area contributed by atoms with Crippen molar-refractivity contribution in [2.75, 3.05) is 38.5 Å². The first kappa shape index (κ1) is 24.6. The fraction of sp³-hybridized carbons (Fsp3) is 0.536. The Balaban J connectivity index is 1.22. The fourth-order valence-electron chi connectivity index (χ4n) is 6.61. The molecular weight excluding hydrogens is 458 g/mol. The van der Waals surface area contributed by atoms with Gasteiger partial charge in [0, 0.05) is 18.8 Å². The van der Waals surface area contributed by atoms with Crippen LogP contribution in [0.1, 0.15) is 48.8 Å². The van der Waals surface area contributed by atoms with Crippen LogP contribution in [0.3, 0.4) is 0 Å². The molecule has 6 nitrogen and oxygen atoms in total. The highest BCUT2D eigenvalue weighted by Gasteiger charge is 2.55. The van der Waals surface area contributed by atoms with Gasteiger partial charge in [0.2, 0.25) is 0 Å². The van der Waals surface area contributed by atoms with Crippen LogP contribution in [0.25, 0.3) is 0 Å². The summed E-state index contributed by atoms with van der Waals surface area (Å²) in [5, 5.41) is 12.7. The minimum absolute atomic E-state index is 0.103. The Hall–Kier alpha value is -2.08. The number of ether oxygens (including phenoxy) is 1. The van der Waals surface area contributed by atoms with Crippen LogP contribution in [-0.4, -0.2) is 57.8 Å². The zero-order valence-corrected chi connectivity index (χ0v) is 21.2. The molecule has 0 aliphatic carbocycles. The van der Waals surface area contributed by atoms with E-state index in [1.807, 2.05) is 12.1 Å². The summed E-state index contributed by atoms with van der Waals surface area (Å²) < 4.78 is 28.1. The quantitative estimate of drug-likeness (QED) is 0.469. The Kier molecular flexibility index (Phi) is 7.38. The van der Waals surface area contributed by atoms with Gasteiger partial charge in [-0.15, -0.1) is 0 Å². The maximum absolute atomic E-state index is 11.1. The summed E-state index contributed by atoms with van der Waals surface area (Å²) in [7, 11) is -2.61. The molecule has 0 radical (unpaired) electrons. The zero-order chi connectivity index (χ0) is 24.3. The maximum Gasteiger partial charge on any atom is 0.119 e. The van der Waals surface area contributed by atoms with Crippen molar-refractivity contribution in [1.82, 2.24) is 10.2 Å². The molecule has 188 valence electrons. The second kappa shape index (κ2) is 10.5. The smallest absolute Gasteiger partial charge is 0.119 e. The molecule has 0 saturated carbocycles. The van der Waals surface area contributed by atoms with Crippen LogP contribution < -0.4 is 10.1 Å². The summed E-state index contributed by atoms with van der Waals surface area (Å²) >= 11 is 0. The molecule has 3 aliphatic heterocycles. The standard InChI is InChI=1S/C28H37N3O3S/c29-21-22-8-10-25(11-9-22)34-19-4-16-31-17-13-24(14-18-31)28(27-7-3-20-35(27,32)33)26-6-2-1-5-23(26)12-15-30-28/h1-2,5-6,8-11,24,27,30,32-33H,3-4,7,12-20H2. The molecule has 0 amide bonds. The van der Waals surface area contributed by atoms with Gasteiger partial charge < -0.3 is 15.0 Å². The molecular formula is C28H37N3O3S. The number of rotatable bonds is 7. The van der Waals surface area contributed by atoms with Crippen LogP contribution in [0.4, 0.5) is 0 Å². The third-order valence-corrected chi connectivity index (χ3v) is 10.7. The van der Waals surface area contributed by atoms with Gasteiger partial charge in [-0.25, -0.2) is 0 Å². The van der Waals surface area contributed by atoms with Crippen LogP contribution in [0.5, 0.6) is 5.75 Å². The van der Waals surface area contributed by atoms with Crippen molar-refractivity contribution in [2.45, 2.75) is 49.3 Å². The highest BCUT2D eigenvalue weighted by Crippen LogP contribution is 2.62. The molecule has 2 saturated heterocycles. The molecule has 2 fully saturated rings. The summed E-state index contributed by atoms with van der Waals surface area (Å²) in [4.78, 5) is 2.52. The van der Waals surface area contributed by atoms with Gasteiger partial charge in [-0.2, -0.15) is 15.9 Å². The minimum atomic E-state index is -2.61. The molecule has 2 unspecified atom stereocenters. The van der Waals surface area contributed by atoms with Crippen molar-refractivity contribution in [3.63, 3.8) is 0 Å². The molecule has 0 bridgehead atoms. The largest absolute Gasteiger partial charge is 0.494 e. The molecule has 7 heteroatoms. The van der Waals surface area contributed by atoms with Crippen LogP contribution in [0.15, 0.2) is 48.5 Å². The molecule has 35 heavy (non-hydrogen) atoms. The van der Waals surface area contributed by atoms with Gasteiger partial charge in [0.15, 0.2) is 0 Å². The maximum atomic E-state index is 11.1. The summed E-state index contributed by atoms with van der Waals surface area (Å²) in [5.41, 5.74) is 2.99. The second-order valence-electron chi connectivity index (χ2n) is 10.2. The number of fused-ring (bicyclic) bond motifs is 1. The van der Waals surface area contributed by atoms with E-state index in [9.17, 15) is 9.11 Å². The SMILES string of the molecule is N#Cc1ccc(OCCCN2CCC(C3(C4CCCS4(O)O)NCCc4ccccc43)CC2)cc1. The van der Waals surface area contributed by atoms with E-state index < -0.39 is 10.6 Å². The van der Waals surface area contributed by atoms with Crippen molar-refractivity contribution in [1.29, 1.82) is 5.26 Å². The number of piperidine rings is 1. The second-order valence-corrected chi connectivity index (χ2v) is 12.6. The minimum Gasteiger partial charge on any atom is -0.494 e. The molecule has 5 rings (SSSR count). The Bertz CT molecular complexity index is 1050. The van der Waals surface area contributed by atoms with Gasteiger partial charge in [0.05, 0.1) is 29.0 Å². The normalized spacial score (nSPS) is 27.6. The highest BCUT2D eigenvalue weighted by molar-refractivity contribution is 8.25. The number of nitrogens with one attached hydrogen (secondary N) is 1. The van der Waals surface area contributed by atoms with E-state index in [1.54, 1.807) is 12.1 Å². The van der Waals surface area contributed by atoms with Crippen molar-refractivity contribution in [3.05, 3.63) is 65.2 Å². The summed E-state index contributed by atoms with van der Waals surface area (Å²) in [6.07, 6.45) is 5.86. The van der Waals surface area contributed by atoms with Gasteiger partial charge in [-0.05, 0) is 92.9 Å². The van der Waals surface area contributed by atoms with E-state index in [-0.39, 0.29) is 10.8 Å². The highest BCUT2D eigenvalue weighted by atomic mass is 32.3. The molecule has 3 N–H and O–H groups in total. The summed E-state index contributed by atoms with van der Waals surface area (Å²) in [5.74, 6) is 1.74. The Morgan fingerprint density at radius 1 is 1.09 bits per heavy atom. The van der Waals surface area contributed by atoms with Crippen molar-refractivity contribution in [3.8, 4) is 11.8 Å². The predicted molar refractivity (Wildman–Crippen MR) is 141 cm³/mol. The van der Waals surface area contributed by atoms with E-state index in [0.29, 0.717) is 23.8 Å². The van der Waals surface area contributed by atoms with Crippen LogP contribution in [-0.2, 0) is 12.0 Å². The lowest BCUT2D eigenvalue weighted by Crippen LogP contribution is -2.61. The fourth-order valence-corrected chi connectivity index (χ4v) is 9.03. The zero-order valence-electron chi connectivity index (χ0n) is 20.4. The Labute approximate surface area is 210 Å². The lowest BCUT2D eigenvalue weighted by Gasteiger charge is -2.55. The average Bonchev–Trinajstić information content (AvgIpc) is 3.26. The Morgan fingerprint density at radius 3 is 2.57 bits per heavy atom. The molecule has 2 aromatic rings. The molecule has 3 heterocycles. The van der Waals surface area contributed by atoms with E-state index in [2.05, 4.69) is 40.6 Å². The third kappa shape index (κ3) is 4.96. The van der Waals surface area contributed by atoms with Gasteiger partial charge in [-0.3, -0.25) is 9.11 Å². The number of nitrogens with zero attached hydrogens (tertiary/aromatic N) is 2. The number of hydrogen-bond donors (Lipinski definition) is 3. The number of likely N-dealkylation sites (tertiary alicyclic amines) is 1. The number of nitriles is 1. The van der Waals surface area contributed by atoms with Crippen LogP contribution in [0.2, 0.25) is 0 Å². The van der Waals surface area contributed by atoms with E-state index in [0.717, 1.165) is 70.5 Å². The summed E-state index contributed by atoms with van der Waals surface area (Å²) in [6, 6.07) is 18.1. The molecule has 2 aromatic carbocycles. The molecule has 0 aromatic heterocycles. The van der Waals surface area contributed by atoms with Gasteiger partial charge in [0.25, 0.3) is 0 Å². The van der Waals surface area contributed by atoms with Gasteiger partial charge >= 0.3 is 0 Å². The Morgan fingerprint density at radius 2 is 1.86 bits per heavy atom. The lowest BCUT2D eigenvalue weighted by atomic mass is 9.67. The predicted octanol–water partition coefficient (Wildman–Crippen LogP) is 4.99. The lowest BCUT2D eigenvalue weighted by molar-refractivity contribution is 0.0899. The van der Waals surface area contributed by atoms with Crippen molar-refractivity contribution in [2.24, 2.45) is 5.92 Å². The summed E-state index contributed by atoms with van der Waals surface area (Å²) in [6.45, 7) is 4.61. The number of hydrogen-bond acceptors (Lipinski definition) is 6. The van der Waals surface area contributed by atoms with Gasteiger partial charge in [0.1, 0.15) is 5.75 Å². The number of benzene rings is 2. The topological polar surface area (TPSA) is 88.8 Å². The van der Waals surface area contributed by atoms with E-state index >= 15 is 0 Å². The first-order chi connectivity index (χ1) is 17.0. The monoisotopic (exact) mass is 495 g/mol. The van der Waals surface area contributed by atoms with Gasteiger partial charge in [-0.1, -0.05) is 24.3 Å². The van der Waals surface area contributed by atoms with Crippen LogP contribution in [0, 0.1) is 17.2 Å². The first-order valence-corrected chi connectivity index (χ1v) is 14.7. The third-order valence-electron chi connectivity index (χ3n) is 8.25. The van der Waals surface area contributed by atoms with Crippen molar-refractivity contribution >= 4 is 10.6 Å². The van der Waals surface area contributed by atoms with E-state index in [1.165, 1.54) is 11.1 Å². The first-order valence-electron chi connectivity index (χ1n) is 13.0. The molecule has 0 spiro atoms. The van der Waals surface area contributed by atoms with Crippen LogP contribution >= 0.6 is 10.6 Å². The average molecular weight is 496 g/mol. The van der Waals surface area contributed by atoms with Crippen molar-refractivity contribution < 1.29 is 13.8 Å². The van der Waals surface area contributed by atoms with E-state index in [4.69, 9.17) is 10.00 Å². The molecule has 3 aliphatic rings.